The molecule has 13 heavy (non-hydrogen) atoms. The van der Waals surface area contributed by atoms with Crippen LogP contribution in [0, 0.1) is 0 Å². The molecule has 1 N–H and O–H groups in total. The van der Waals surface area contributed by atoms with Gasteiger partial charge < -0.3 is 9.52 Å². The molecule has 0 aliphatic rings. The Morgan fingerprint density at radius 1 is 1.85 bits per heavy atom. The molecule has 0 radical (unpaired) electrons. The Hall–Kier alpha value is -1.23. The van der Waals surface area contributed by atoms with Crippen LogP contribution in [-0.4, -0.2) is 21.8 Å². The van der Waals surface area contributed by atoms with Gasteiger partial charge >= 0.3 is 5.97 Å². The van der Waals surface area contributed by atoms with E-state index >= 15 is 0 Å². The molecule has 0 saturated carbocycles. The van der Waals surface area contributed by atoms with E-state index in [4.69, 9.17) is 9.52 Å². The first-order valence-electron chi connectivity index (χ1n) is 3.62. The van der Waals surface area contributed by atoms with Crippen LogP contribution in [0.4, 0.5) is 0 Å². The van der Waals surface area contributed by atoms with Gasteiger partial charge in [0, 0.05) is 11.3 Å². The summed E-state index contributed by atoms with van der Waals surface area (Å²) in [4.78, 5) is 14.3. The number of nitrogens with zero attached hydrogens (tertiary/aromatic N) is 1. The fourth-order valence-corrected chi connectivity index (χ4v) is 1.34. The van der Waals surface area contributed by atoms with E-state index in [0.717, 1.165) is 0 Å². The lowest BCUT2D eigenvalue weighted by Gasteiger charge is -1.92. The number of carbonyl (C=O) groups is 1. The van der Waals surface area contributed by atoms with Crippen molar-refractivity contribution in [1.29, 1.82) is 0 Å². The molecule has 0 aliphatic heterocycles. The second-order valence-corrected chi connectivity index (χ2v) is 3.27. The molecule has 1 heterocycles. The second-order valence-electron chi connectivity index (χ2n) is 2.30. The Morgan fingerprint density at radius 3 is 3.15 bits per heavy atom. The minimum absolute atomic E-state index is 0.332. The van der Waals surface area contributed by atoms with Gasteiger partial charge in [-0.3, -0.25) is 0 Å². The molecule has 0 spiro atoms. The maximum Gasteiger partial charge on any atom is 0.330 e. The van der Waals surface area contributed by atoms with E-state index in [1.807, 2.05) is 0 Å². The number of rotatable bonds is 4. The number of hydrogen-bond donors (Lipinski definition) is 1. The van der Waals surface area contributed by atoms with E-state index in [1.165, 1.54) is 18.0 Å². The van der Waals surface area contributed by atoms with Crippen LogP contribution in [0.3, 0.4) is 0 Å². The topological polar surface area (TPSA) is 63.3 Å². The van der Waals surface area contributed by atoms with Crippen molar-refractivity contribution in [2.24, 2.45) is 0 Å². The minimum atomic E-state index is -0.895. The number of carboxylic acids is 1. The van der Waals surface area contributed by atoms with Crippen molar-refractivity contribution in [3.63, 3.8) is 0 Å². The number of oxazole rings is 1. The monoisotopic (exact) mass is 199 g/mol. The maximum absolute atomic E-state index is 10.4. The molecule has 0 aromatic carbocycles. The summed E-state index contributed by atoms with van der Waals surface area (Å²) in [6.45, 7) is 1.55. The molecule has 4 nitrogen and oxygen atoms in total. The van der Waals surface area contributed by atoms with Gasteiger partial charge in [0.25, 0.3) is 5.22 Å². The van der Waals surface area contributed by atoms with Crippen molar-refractivity contribution in [2.75, 3.05) is 5.75 Å². The average Bonchev–Trinajstić information content (AvgIpc) is 2.56. The van der Waals surface area contributed by atoms with Crippen molar-refractivity contribution < 1.29 is 14.3 Å². The highest BCUT2D eigenvalue weighted by Crippen LogP contribution is 2.15. The second kappa shape index (κ2) is 4.71. The van der Waals surface area contributed by atoms with Crippen molar-refractivity contribution >= 4 is 17.7 Å². The zero-order valence-electron chi connectivity index (χ0n) is 7.06. The summed E-state index contributed by atoms with van der Waals surface area (Å²) in [7, 11) is 0. The molecule has 1 aromatic rings. The molecular weight excluding hydrogens is 190 g/mol. The number of thioether (sulfide) groups is 1. The third-order valence-electron chi connectivity index (χ3n) is 1.34. The van der Waals surface area contributed by atoms with Crippen molar-refractivity contribution in [3.05, 3.63) is 24.1 Å². The highest BCUT2D eigenvalue weighted by Gasteiger charge is 2.00. The van der Waals surface area contributed by atoms with Crippen LogP contribution < -0.4 is 0 Å². The fraction of sp³-hybridized carbons (Fsp3) is 0.250. The van der Waals surface area contributed by atoms with E-state index < -0.39 is 5.97 Å². The lowest BCUT2D eigenvalue weighted by atomic mass is 10.3. The number of aromatic nitrogens is 1. The number of hydrogen-bond acceptors (Lipinski definition) is 4. The summed E-state index contributed by atoms with van der Waals surface area (Å²) >= 11 is 1.36. The highest BCUT2D eigenvalue weighted by molar-refractivity contribution is 7.99. The third-order valence-corrected chi connectivity index (χ3v) is 2.13. The molecule has 70 valence electrons. The van der Waals surface area contributed by atoms with Crippen LogP contribution in [0.25, 0.3) is 0 Å². The van der Waals surface area contributed by atoms with Gasteiger partial charge in [-0.1, -0.05) is 17.8 Å². The van der Waals surface area contributed by atoms with Gasteiger partial charge in [-0.15, -0.1) is 0 Å². The number of carboxylic acid groups (broad SMARTS) is 1. The summed E-state index contributed by atoms with van der Waals surface area (Å²) in [5.74, 6) is -0.341. The zero-order chi connectivity index (χ0) is 9.68. The van der Waals surface area contributed by atoms with E-state index in [9.17, 15) is 4.79 Å². The summed E-state index contributed by atoms with van der Waals surface area (Å²) in [6, 6.07) is 0. The van der Waals surface area contributed by atoms with Crippen LogP contribution in [0.15, 0.2) is 33.7 Å². The normalized spacial score (nSPS) is 11.6. The Labute approximate surface area is 79.7 Å². The van der Waals surface area contributed by atoms with Gasteiger partial charge in [-0.2, -0.15) is 0 Å². The minimum Gasteiger partial charge on any atom is -0.478 e. The van der Waals surface area contributed by atoms with E-state index in [2.05, 4.69) is 4.98 Å². The van der Waals surface area contributed by atoms with Gasteiger partial charge in [0.15, 0.2) is 0 Å². The quantitative estimate of drug-likeness (QED) is 0.591. The van der Waals surface area contributed by atoms with E-state index in [-0.39, 0.29) is 0 Å². The van der Waals surface area contributed by atoms with Crippen LogP contribution in [-0.2, 0) is 4.79 Å². The van der Waals surface area contributed by atoms with Gasteiger partial charge in [-0.05, 0) is 6.92 Å². The van der Waals surface area contributed by atoms with Gasteiger partial charge in [0.2, 0.25) is 0 Å². The van der Waals surface area contributed by atoms with Crippen molar-refractivity contribution in [2.45, 2.75) is 12.1 Å². The Bertz CT molecular complexity index is 305. The maximum atomic E-state index is 10.4. The SMILES string of the molecule is C/C(=C/CSc1ncco1)C(=O)O. The summed E-state index contributed by atoms with van der Waals surface area (Å²) in [6.07, 6.45) is 4.66. The fourth-order valence-electron chi connectivity index (χ4n) is 0.607. The first-order valence-corrected chi connectivity index (χ1v) is 4.61. The first-order chi connectivity index (χ1) is 6.20. The lowest BCUT2D eigenvalue weighted by Crippen LogP contribution is -1.96. The van der Waals surface area contributed by atoms with E-state index in [1.54, 1.807) is 19.2 Å². The number of aliphatic carboxylic acids is 1. The molecule has 1 aromatic heterocycles. The van der Waals surface area contributed by atoms with Gasteiger partial charge in [0.05, 0.1) is 6.20 Å². The van der Waals surface area contributed by atoms with E-state index in [0.29, 0.717) is 16.5 Å². The lowest BCUT2D eigenvalue weighted by molar-refractivity contribution is -0.132. The van der Waals surface area contributed by atoms with Crippen LogP contribution in [0.2, 0.25) is 0 Å². The molecule has 0 unspecified atom stereocenters. The molecule has 0 saturated heterocycles. The van der Waals surface area contributed by atoms with Crippen LogP contribution in [0.5, 0.6) is 0 Å². The molecule has 0 fully saturated rings. The molecule has 0 aliphatic carbocycles. The predicted molar refractivity (Wildman–Crippen MR) is 48.6 cm³/mol. The standard InChI is InChI=1S/C8H9NO3S/c1-6(7(10)11)2-5-13-8-9-3-4-12-8/h2-4H,5H2,1H3,(H,10,11)/b6-2-. The smallest absolute Gasteiger partial charge is 0.330 e. The van der Waals surface area contributed by atoms with Crippen molar-refractivity contribution in [3.8, 4) is 0 Å². The third kappa shape index (κ3) is 3.33. The molecule has 5 heteroatoms. The van der Waals surface area contributed by atoms with Gasteiger partial charge in [-0.25, -0.2) is 9.78 Å². The largest absolute Gasteiger partial charge is 0.478 e. The zero-order valence-corrected chi connectivity index (χ0v) is 7.87. The predicted octanol–water partition coefficient (Wildman–Crippen LogP) is 1.80. The highest BCUT2D eigenvalue weighted by atomic mass is 32.2. The summed E-state index contributed by atoms with van der Waals surface area (Å²) < 4.78 is 4.95. The Kier molecular flexibility index (Phi) is 3.57. The van der Waals surface area contributed by atoms with Crippen LogP contribution in [0.1, 0.15) is 6.92 Å². The van der Waals surface area contributed by atoms with Crippen molar-refractivity contribution in [1.82, 2.24) is 4.98 Å². The first kappa shape index (κ1) is 9.85. The molecule has 0 atom stereocenters. The summed E-state index contributed by atoms with van der Waals surface area (Å²) in [5, 5.41) is 9.07. The molecular formula is C8H9NO3S. The Balaban J connectivity index is 2.36. The molecule has 0 bridgehead atoms. The van der Waals surface area contributed by atoms with Gasteiger partial charge in [0.1, 0.15) is 6.26 Å². The van der Waals surface area contributed by atoms with Crippen LogP contribution >= 0.6 is 11.8 Å². The summed E-state index contributed by atoms with van der Waals surface area (Å²) in [5.41, 5.74) is 0.332. The molecule has 1 rings (SSSR count). The average molecular weight is 199 g/mol. The Morgan fingerprint density at radius 2 is 2.62 bits per heavy atom. The molecule has 0 amide bonds.